The quantitative estimate of drug-likeness (QED) is 0.900. The van der Waals surface area contributed by atoms with Crippen LogP contribution < -0.4 is 4.74 Å². The Balaban J connectivity index is 1.95. The average Bonchev–Trinajstić information content (AvgIpc) is 2.60. The van der Waals surface area contributed by atoms with Gasteiger partial charge in [-0.15, -0.1) is 0 Å². The van der Waals surface area contributed by atoms with Crippen LogP contribution in [0.3, 0.4) is 0 Å². The van der Waals surface area contributed by atoms with E-state index in [-0.39, 0.29) is 23.5 Å². The smallest absolute Gasteiger partial charge is 0.336 e. The maximum atomic E-state index is 12.8. The van der Waals surface area contributed by atoms with Gasteiger partial charge in [-0.3, -0.25) is 4.98 Å². The molecular weight excluding hydrogens is 332 g/mol. The van der Waals surface area contributed by atoms with Crippen molar-refractivity contribution in [2.24, 2.45) is 0 Å². The summed E-state index contributed by atoms with van der Waals surface area (Å²) in [5, 5.41) is 9.29. The highest BCUT2D eigenvalue weighted by Gasteiger charge is 2.31. The van der Waals surface area contributed by atoms with Crippen molar-refractivity contribution in [1.82, 2.24) is 9.29 Å². The van der Waals surface area contributed by atoms with Gasteiger partial charge in [0.15, 0.2) is 0 Å². The van der Waals surface area contributed by atoms with Gasteiger partial charge < -0.3 is 9.84 Å². The van der Waals surface area contributed by atoms with Gasteiger partial charge in [-0.05, 0) is 30.3 Å². The van der Waals surface area contributed by atoms with Gasteiger partial charge in [0.05, 0.1) is 17.6 Å². The lowest BCUT2D eigenvalue weighted by Crippen LogP contribution is -2.37. The molecule has 0 atom stereocenters. The Morgan fingerprint density at radius 3 is 2.58 bits per heavy atom. The molecule has 0 fully saturated rings. The Hall–Kier alpha value is -2.45. The molecule has 0 radical (unpaired) electrons. The number of carboxylic acids is 1. The minimum absolute atomic E-state index is 0.000824. The van der Waals surface area contributed by atoms with Crippen molar-refractivity contribution in [3.8, 4) is 5.75 Å². The molecule has 24 heavy (non-hydrogen) atoms. The fourth-order valence-corrected chi connectivity index (χ4v) is 4.12. The maximum absolute atomic E-state index is 12.8. The van der Waals surface area contributed by atoms with Crippen molar-refractivity contribution < 1.29 is 23.1 Å². The van der Waals surface area contributed by atoms with E-state index < -0.39 is 16.0 Å². The molecule has 8 heteroatoms. The largest absolute Gasteiger partial charge is 0.497 e. The molecule has 1 aromatic carbocycles. The Bertz CT molecular complexity index is 878. The molecule has 7 nitrogen and oxygen atoms in total. The SMILES string of the molecule is COc1ccc(S(=O)(=O)N2CCc3nccc(C(=O)O)c3C2)cc1. The molecule has 1 aromatic heterocycles. The summed E-state index contributed by atoms with van der Waals surface area (Å²) in [6, 6.07) is 7.50. The molecule has 0 amide bonds. The van der Waals surface area contributed by atoms with Gasteiger partial charge in [0.25, 0.3) is 0 Å². The molecule has 1 N–H and O–H groups in total. The van der Waals surface area contributed by atoms with Gasteiger partial charge in [-0.2, -0.15) is 4.31 Å². The van der Waals surface area contributed by atoms with Crippen LogP contribution in [0.4, 0.5) is 0 Å². The summed E-state index contributed by atoms with van der Waals surface area (Å²) in [5.74, 6) is -0.521. The number of hydrogen-bond donors (Lipinski definition) is 1. The Morgan fingerprint density at radius 2 is 1.96 bits per heavy atom. The minimum atomic E-state index is -3.72. The third-order valence-corrected chi connectivity index (χ3v) is 5.86. The zero-order valence-corrected chi connectivity index (χ0v) is 13.8. The van der Waals surface area contributed by atoms with E-state index in [2.05, 4.69) is 4.98 Å². The van der Waals surface area contributed by atoms with Crippen molar-refractivity contribution in [1.29, 1.82) is 0 Å². The van der Waals surface area contributed by atoms with Crippen LogP contribution in [0.5, 0.6) is 5.75 Å². The van der Waals surface area contributed by atoms with E-state index in [0.717, 1.165) is 0 Å². The van der Waals surface area contributed by atoms with Crippen molar-refractivity contribution in [2.75, 3.05) is 13.7 Å². The van der Waals surface area contributed by atoms with E-state index in [4.69, 9.17) is 4.74 Å². The van der Waals surface area contributed by atoms with Crippen LogP contribution in [0.15, 0.2) is 41.4 Å². The molecule has 0 unspecified atom stereocenters. The predicted octanol–water partition coefficient (Wildman–Crippen LogP) is 1.54. The number of benzene rings is 1. The van der Waals surface area contributed by atoms with Crippen LogP contribution in [-0.2, 0) is 23.0 Å². The van der Waals surface area contributed by atoms with Crippen LogP contribution in [0, 0.1) is 0 Å². The minimum Gasteiger partial charge on any atom is -0.497 e. The van der Waals surface area contributed by atoms with Gasteiger partial charge in [-0.1, -0.05) is 0 Å². The average molecular weight is 348 g/mol. The van der Waals surface area contributed by atoms with Gasteiger partial charge in [0.1, 0.15) is 5.75 Å². The zero-order valence-electron chi connectivity index (χ0n) is 13.0. The number of sulfonamides is 1. The molecule has 1 aliphatic rings. The van der Waals surface area contributed by atoms with Crippen molar-refractivity contribution in [3.63, 3.8) is 0 Å². The normalized spacial score (nSPS) is 14.9. The maximum Gasteiger partial charge on any atom is 0.336 e. The van der Waals surface area contributed by atoms with E-state index in [0.29, 0.717) is 23.4 Å². The summed E-state index contributed by atoms with van der Waals surface area (Å²) >= 11 is 0. The number of hydrogen-bond acceptors (Lipinski definition) is 5. The lowest BCUT2D eigenvalue weighted by atomic mass is 10.0. The third-order valence-electron chi connectivity index (χ3n) is 4.01. The molecule has 0 saturated heterocycles. The van der Waals surface area contributed by atoms with Crippen molar-refractivity contribution in [3.05, 3.63) is 53.3 Å². The molecule has 0 spiro atoms. The standard InChI is InChI=1S/C16H16N2O5S/c1-23-11-2-4-12(5-3-11)24(21,22)18-9-7-15-14(10-18)13(16(19)20)6-8-17-15/h2-6,8H,7,9-10H2,1H3,(H,19,20). The first kappa shape index (κ1) is 16.4. The number of methoxy groups -OCH3 is 1. The van der Waals surface area contributed by atoms with Crippen LogP contribution in [-0.4, -0.2) is 42.4 Å². The first-order chi connectivity index (χ1) is 11.4. The first-order valence-electron chi connectivity index (χ1n) is 7.27. The Labute approximate surface area is 139 Å². The van der Waals surface area contributed by atoms with Crippen molar-refractivity contribution in [2.45, 2.75) is 17.9 Å². The lowest BCUT2D eigenvalue weighted by molar-refractivity contribution is 0.0694. The summed E-state index contributed by atoms with van der Waals surface area (Å²) in [5.41, 5.74) is 1.18. The Kier molecular flexibility index (Phi) is 4.25. The summed E-state index contributed by atoms with van der Waals surface area (Å²) in [4.78, 5) is 15.7. The molecule has 126 valence electrons. The fourth-order valence-electron chi connectivity index (χ4n) is 2.72. The molecule has 1 aliphatic heterocycles. The van der Waals surface area contributed by atoms with E-state index in [1.165, 1.54) is 35.8 Å². The fraction of sp³-hybridized carbons (Fsp3) is 0.250. The number of ether oxygens (including phenoxy) is 1. The number of fused-ring (bicyclic) bond motifs is 1. The van der Waals surface area contributed by atoms with E-state index in [1.54, 1.807) is 12.1 Å². The summed E-state index contributed by atoms with van der Waals surface area (Å²) in [6.07, 6.45) is 1.82. The molecule has 0 bridgehead atoms. The van der Waals surface area contributed by atoms with E-state index in [1.807, 2.05) is 0 Å². The highest BCUT2D eigenvalue weighted by Crippen LogP contribution is 2.27. The second kappa shape index (κ2) is 6.21. The second-order valence-electron chi connectivity index (χ2n) is 5.35. The molecule has 2 aromatic rings. The number of rotatable bonds is 4. The van der Waals surface area contributed by atoms with Gasteiger partial charge in [0, 0.05) is 37.0 Å². The molecule has 0 saturated carbocycles. The van der Waals surface area contributed by atoms with E-state index >= 15 is 0 Å². The van der Waals surface area contributed by atoms with Crippen molar-refractivity contribution >= 4 is 16.0 Å². The predicted molar refractivity (Wildman–Crippen MR) is 85.5 cm³/mol. The second-order valence-corrected chi connectivity index (χ2v) is 7.29. The first-order valence-corrected chi connectivity index (χ1v) is 8.71. The topological polar surface area (TPSA) is 96.8 Å². The van der Waals surface area contributed by atoms with Gasteiger partial charge >= 0.3 is 5.97 Å². The zero-order chi connectivity index (χ0) is 17.3. The summed E-state index contributed by atoms with van der Waals surface area (Å²) in [6.45, 7) is 0.261. The molecule has 2 heterocycles. The summed E-state index contributed by atoms with van der Waals surface area (Å²) in [7, 11) is -2.21. The lowest BCUT2D eigenvalue weighted by Gasteiger charge is -2.28. The van der Waals surface area contributed by atoms with Crippen LogP contribution in [0.2, 0.25) is 0 Å². The third kappa shape index (κ3) is 2.85. The number of aromatic nitrogens is 1. The monoisotopic (exact) mass is 348 g/mol. The van der Waals surface area contributed by atoms with Gasteiger partial charge in [0.2, 0.25) is 10.0 Å². The molecule has 0 aliphatic carbocycles. The highest BCUT2D eigenvalue weighted by atomic mass is 32.2. The molecular formula is C16H16N2O5S. The number of carboxylic acid groups (broad SMARTS) is 1. The number of nitrogens with zero attached hydrogens (tertiary/aromatic N) is 2. The number of aromatic carboxylic acids is 1. The Morgan fingerprint density at radius 1 is 1.25 bits per heavy atom. The van der Waals surface area contributed by atoms with Crippen LogP contribution >= 0.6 is 0 Å². The van der Waals surface area contributed by atoms with Crippen LogP contribution in [0.1, 0.15) is 21.6 Å². The molecule has 3 rings (SSSR count). The number of pyridine rings is 1. The van der Waals surface area contributed by atoms with Crippen LogP contribution in [0.25, 0.3) is 0 Å². The van der Waals surface area contributed by atoms with E-state index in [9.17, 15) is 18.3 Å². The number of carbonyl (C=O) groups is 1. The summed E-state index contributed by atoms with van der Waals surface area (Å²) < 4.78 is 31.9. The highest BCUT2D eigenvalue weighted by molar-refractivity contribution is 7.89. The van der Waals surface area contributed by atoms with Gasteiger partial charge in [-0.25, -0.2) is 13.2 Å².